The number of carbonyl (C=O) groups is 4. The van der Waals surface area contributed by atoms with Crippen molar-refractivity contribution in [3.63, 3.8) is 0 Å². The standard InChI is InChI=1S/C20H22O8.C20H22O6/c21-19(22)15-1-5-17(6-2-15)27-13-11-25-9-10-26-12-14-28-18-7-3-16(4-8-18)20(23)24;21-19(22)15-5-9-17(10-6-15)25-13-3-1-2-4-14-26-18-11-7-16(8-12-18)20(23)24/h1-8H,9-14H2,(H,21,22)(H,23,24);5-12H,1-4,13-14H2,(H,21,22)(H,23,24). The monoisotopic (exact) mass is 748 g/mol. The summed E-state index contributed by atoms with van der Waals surface area (Å²) in [7, 11) is 0. The van der Waals surface area contributed by atoms with Crippen LogP contribution in [0.15, 0.2) is 97.1 Å². The zero-order valence-electron chi connectivity index (χ0n) is 29.6. The van der Waals surface area contributed by atoms with Crippen LogP contribution < -0.4 is 18.9 Å². The van der Waals surface area contributed by atoms with E-state index in [1.165, 1.54) is 48.5 Å². The molecule has 4 N–H and O–H groups in total. The van der Waals surface area contributed by atoms with E-state index in [2.05, 4.69) is 0 Å². The van der Waals surface area contributed by atoms with Gasteiger partial charge in [-0.2, -0.15) is 0 Å². The number of carboxylic acids is 4. The summed E-state index contributed by atoms with van der Waals surface area (Å²) in [5, 5.41) is 35.3. The SMILES string of the molecule is O=C(O)c1ccc(OCCCCCCOc2ccc(C(=O)O)cc2)cc1.O=C(O)c1ccc(OCCOCCOCCOc2ccc(C(=O)O)cc2)cc1. The molecule has 54 heavy (non-hydrogen) atoms. The number of carboxylic acid groups (broad SMARTS) is 4. The lowest BCUT2D eigenvalue weighted by Crippen LogP contribution is -2.13. The molecule has 0 aliphatic heterocycles. The maximum Gasteiger partial charge on any atom is 0.335 e. The van der Waals surface area contributed by atoms with Crippen LogP contribution in [0, 0.1) is 0 Å². The van der Waals surface area contributed by atoms with Crippen LogP contribution in [0.3, 0.4) is 0 Å². The average Bonchev–Trinajstić information content (AvgIpc) is 3.17. The largest absolute Gasteiger partial charge is 0.494 e. The molecule has 0 saturated carbocycles. The van der Waals surface area contributed by atoms with Crippen molar-refractivity contribution in [3.05, 3.63) is 119 Å². The predicted octanol–water partition coefficient (Wildman–Crippen LogP) is 6.68. The summed E-state index contributed by atoms with van der Waals surface area (Å²) in [5.41, 5.74) is 0.911. The summed E-state index contributed by atoms with van der Waals surface area (Å²) in [6.45, 7) is 3.47. The van der Waals surface area contributed by atoms with E-state index in [1.54, 1.807) is 48.5 Å². The van der Waals surface area contributed by atoms with Gasteiger partial charge in [0.25, 0.3) is 0 Å². The van der Waals surface area contributed by atoms with Crippen molar-refractivity contribution in [1.29, 1.82) is 0 Å². The summed E-state index contributed by atoms with van der Waals surface area (Å²) in [5.74, 6) is -1.34. The first kappa shape index (κ1) is 42.3. The lowest BCUT2D eigenvalue weighted by molar-refractivity contribution is 0.0273. The molecule has 4 aromatic carbocycles. The van der Waals surface area contributed by atoms with E-state index in [0.717, 1.165) is 25.7 Å². The normalized spacial score (nSPS) is 10.4. The Kier molecular flexibility index (Phi) is 18.9. The molecule has 14 heteroatoms. The molecular weight excluding hydrogens is 704 g/mol. The Morgan fingerprint density at radius 3 is 0.778 bits per heavy atom. The topological polar surface area (TPSA) is 205 Å². The molecule has 0 saturated heterocycles. The van der Waals surface area contributed by atoms with Crippen LogP contribution in [0.4, 0.5) is 0 Å². The highest BCUT2D eigenvalue weighted by molar-refractivity contribution is 5.89. The fourth-order valence-corrected chi connectivity index (χ4v) is 4.47. The first-order chi connectivity index (χ1) is 26.1. The number of hydrogen-bond acceptors (Lipinski definition) is 10. The van der Waals surface area contributed by atoms with E-state index in [9.17, 15) is 19.2 Å². The van der Waals surface area contributed by atoms with E-state index >= 15 is 0 Å². The first-order valence-electron chi connectivity index (χ1n) is 17.1. The van der Waals surface area contributed by atoms with Gasteiger partial charge in [0.05, 0.1) is 61.9 Å². The van der Waals surface area contributed by atoms with Crippen LogP contribution in [0.2, 0.25) is 0 Å². The molecule has 0 aliphatic rings. The van der Waals surface area contributed by atoms with Crippen LogP contribution in [0.1, 0.15) is 67.1 Å². The van der Waals surface area contributed by atoms with Crippen molar-refractivity contribution in [3.8, 4) is 23.0 Å². The van der Waals surface area contributed by atoms with Crippen LogP contribution in [-0.4, -0.2) is 97.2 Å². The number of rotatable bonds is 24. The third-order valence-corrected chi connectivity index (χ3v) is 7.35. The molecule has 4 rings (SSSR count). The fourth-order valence-electron chi connectivity index (χ4n) is 4.47. The third kappa shape index (κ3) is 16.9. The second-order valence-electron chi connectivity index (χ2n) is 11.4. The molecule has 0 fully saturated rings. The zero-order chi connectivity index (χ0) is 39.0. The molecule has 0 amide bonds. The van der Waals surface area contributed by atoms with Crippen molar-refractivity contribution >= 4 is 23.9 Å². The number of aromatic carboxylic acids is 4. The Morgan fingerprint density at radius 1 is 0.315 bits per heavy atom. The molecule has 14 nitrogen and oxygen atoms in total. The smallest absolute Gasteiger partial charge is 0.335 e. The van der Waals surface area contributed by atoms with E-state index < -0.39 is 23.9 Å². The van der Waals surface area contributed by atoms with Gasteiger partial charge in [0.1, 0.15) is 36.2 Å². The lowest BCUT2D eigenvalue weighted by Gasteiger charge is -2.09. The van der Waals surface area contributed by atoms with E-state index in [0.29, 0.717) is 75.9 Å². The van der Waals surface area contributed by atoms with Gasteiger partial charge in [-0.25, -0.2) is 19.2 Å². The van der Waals surface area contributed by atoms with Gasteiger partial charge in [-0.3, -0.25) is 0 Å². The summed E-state index contributed by atoms with van der Waals surface area (Å²) in [6.07, 6.45) is 3.84. The quantitative estimate of drug-likeness (QED) is 0.0553. The summed E-state index contributed by atoms with van der Waals surface area (Å²) >= 11 is 0. The average molecular weight is 749 g/mol. The number of ether oxygens (including phenoxy) is 6. The molecule has 0 unspecified atom stereocenters. The van der Waals surface area contributed by atoms with Gasteiger partial charge < -0.3 is 48.8 Å². The highest BCUT2D eigenvalue weighted by Gasteiger charge is 2.05. The van der Waals surface area contributed by atoms with Gasteiger partial charge in [-0.05, 0) is 123 Å². The Morgan fingerprint density at radius 2 is 0.537 bits per heavy atom. The van der Waals surface area contributed by atoms with Crippen molar-refractivity contribution in [1.82, 2.24) is 0 Å². The molecule has 0 spiro atoms. The van der Waals surface area contributed by atoms with Crippen molar-refractivity contribution in [2.45, 2.75) is 25.7 Å². The molecule has 0 atom stereocenters. The minimum Gasteiger partial charge on any atom is -0.494 e. The lowest BCUT2D eigenvalue weighted by atomic mass is 10.2. The van der Waals surface area contributed by atoms with E-state index in [4.69, 9.17) is 48.8 Å². The Labute approximate surface area is 312 Å². The third-order valence-electron chi connectivity index (χ3n) is 7.35. The summed E-state index contributed by atoms with van der Waals surface area (Å²) in [6, 6.07) is 25.1. The highest BCUT2D eigenvalue weighted by Crippen LogP contribution is 2.16. The van der Waals surface area contributed by atoms with E-state index in [1.807, 2.05) is 0 Å². The number of hydrogen-bond donors (Lipinski definition) is 4. The van der Waals surface area contributed by atoms with Crippen molar-refractivity contribution < 1.29 is 68.0 Å². The van der Waals surface area contributed by atoms with E-state index in [-0.39, 0.29) is 22.3 Å². The molecule has 0 radical (unpaired) electrons. The summed E-state index contributed by atoms with van der Waals surface area (Å²) in [4.78, 5) is 43.0. The van der Waals surface area contributed by atoms with Crippen LogP contribution in [-0.2, 0) is 9.47 Å². The van der Waals surface area contributed by atoms with Gasteiger partial charge in [-0.15, -0.1) is 0 Å². The first-order valence-corrected chi connectivity index (χ1v) is 17.1. The predicted molar refractivity (Wildman–Crippen MR) is 196 cm³/mol. The van der Waals surface area contributed by atoms with Gasteiger partial charge in [0, 0.05) is 0 Å². The summed E-state index contributed by atoms with van der Waals surface area (Å²) < 4.78 is 32.8. The van der Waals surface area contributed by atoms with Gasteiger partial charge >= 0.3 is 23.9 Å². The Bertz CT molecular complexity index is 1580. The molecule has 0 aliphatic carbocycles. The maximum absolute atomic E-state index is 10.8. The van der Waals surface area contributed by atoms with Gasteiger partial charge in [-0.1, -0.05) is 0 Å². The molecule has 0 heterocycles. The van der Waals surface area contributed by atoms with Crippen LogP contribution >= 0.6 is 0 Å². The second-order valence-corrected chi connectivity index (χ2v) is 11.4. The second kappa shape index (κ2) is 24.2. The minimum absolute atomic E-state index is 0.210. The van der Waals surface area contributed by atoms with Crippen LogP contribution in [0.25, 0.3) is 0 Å². The molecular formula is C40H44O14. The van der Waals surface area contributed by atoms with Crippen molar-refractivity contribution in [2.24, 2.45) is 0 Å². The van der Waals surface area contributed by atoms with Gasteiger partial charge in [0.15, 0.2) is 0 Å². The zero-order valence-corrected chi connectivity index (χ0v) is 29.6. The Hall–Kier alpha value is -6.12. The van der Waals surface area contributed by atoms with Crippen LogP contribution in [0.5, 0.6) is 23.0 Å². The Balaban J connectivity index is 0.000000291. The number of benzene rings is 4. The molecule has 288 valence electrons. The maximum atomic E-state index is 10.8. The molecule has 0 bridgehead atoms. The number of unbranched alkanes of at least 4 members (excludes halogenated alkanes) is 3. The van der Waals surface area contributed by atoms with Crippen molar-refractivity contribution in [2.75, 3.05) is 52.9 Å². The van der Waals surface area contributed by atoms with Gasteiger partial charge in [0.2, 0.25) is 0 Å². The molecule has 4 aromatic rings. The highest BCUT2D eigenvalue weighted by atomic mass is 16.6. The fraction of sp³-hybridized carbons (Fsp3) is 0.300. The minimum atomic E-state index is -0.976. The molecule has 0 aromatic heterocycles.